The van der Waals surface area contributed by atoms with E-state index < -0.39 is 0 Å². The van der Waals surface area contributed by atoms with Gasteiger partial charge in [-0.1, -0.05) is 0 Å². The molecule has 1 atom stereocenters. The molecule has 104 valence electrons. The Morgan fingerprint density at radius 3 is 2.95 bits per heavy atom. The highest BCUT2D eigenvalue weighted by Gasteiger charge is 2.27. The number of hydrogen-bond acceptors (Lipinski definition) is 3. The van der Waals surface area contributed by atoms with Crippen molar-refractivity contribution in [1.29, 1.82) is 0 Å². The molecule has 0 spiro atoms. The first-order valence-corrected chi connectivity index (χ1v) is 7.39. The molecule has 1 aliphatic heterocycles. The summed E-state index contributed by atoms with van der Waals surface area (Å²) in [7, 11) is 0. The maximum absolute atomic E-state index is 12.5. The van der Waals surface area contributed by atoms with E-state index in [1.165, 1.54) is 0 Å². The average Bonchev–Trinajstić information content (AvgIpc) is 2.42. The molecule has 1 aliphatic rings. The molecule has 4 nitrogen and oxygen atoms in total. The monoisotopic (exact) mass is 326 g/mol. The first kappa shape index (κ1) is 14.3. The van der Waals surface area contributed by atoms with E-state index in [9.17, 15) is 4.79 Å². The van der Waals surface area contributed by atoms with E-state index in [1.807, 2.05) is 4.90 Å². The number of anilines is 1. The van der Waals surface area contributed by atoms with Crippen molar-refractivity contribution in [2.45, 2.75) is 31.7 Å². The molecule has 1 amide bonds. The fraction of sp³-hybridized carbons (Fsp3) is 0.500. The van der Waals surface area contributed by atoms with Crippen LogP contribution in [0.5, 0.6) is 0 Å². The zero-order valence-corrected chi connectivity index (χ0v) is 12.4. The number of amides is 1. The minimum Gasteiger partial charge on any atom is -0.398 e. The number of nitrogen functional groups attached to an aromatic ring is 1. The van der Waals surface area contributed by atoms with E-state index in [1.54, 1.807) is 18.2 Å². The molecule has 2 rings (SSSR count). The van der Waals surface area contributed by atoms with Crippen LogP contribution in [0.1, 0.15) is 36.0 Å². The largest absolute Gasteiger partial charge is 0.398 e. The predicted octanol–water partition coefficient (Wildman–Crippen LogP) is 2.41. The third kappa shape index (κ3) is 3.28. The van der Waals surface area contributed by atoms with Gasteiger partial charge in [-0.2, -0.15) is 0 Å². The quantitative estimate of drug-likeness (QED) is 0.838. The van der Waals surface area contributed by atoms with Gasteiger partial charge in [0.25, 0.3) is 5.91 Å². The molecule has 1 aromatic rings. The number of hydrogen-bond donors (Lipinski definition) is 2. The number of aliphatic hydroxyl groups is 1. The Bertz CT molecular complexity index is 463. The number of nitrogens with zero attached hydrogens (tertiary/aromatic N) is 1. The summed E-state index contributed by atoms with van der Waals surface area (Å²) >= 11 is 3.35. The molecule has 0 saturated carbocycles. The van der Waals surface area contributed by atoms with Crippen LogP contribution in [0.2, 0.25) is 0 Å². The first-order chi connectivity index (χ1) is 9.13. The van der Waals surface area contributed by atoms with Crippen molar-refractivity contribution in [3.05, 3.63) is 28.2 Å². The Balaban J connectivity index is 2.18. The summed E-state index contributed by atoms with van der Waals surface area (Å²) in [6.07, 6.45) is 3.79. The van der Waals surface area contributed by atoms with Crippen molar-refractivity contribution >= 4 is 27.5 Å². The lowest BCUT2D eigenvalue weighted by Crippen LogP contribution is -2.44. The van der Waals surface area contributed by atoms with Crippen LogP contribution in [0, 0.1) is 0 Å². The van der Waals surface area contributed by atoms with Crippen LogP contribution >= 0.6 is 15.9 Å². The topological polar surface area (TPSA) is 66.6 Å². The number of rotatable bonds is 3. The molecule has 1 unspecified atom stereocenters. The fourth-order valence-electron chi connectivity index (χ4n) is 2.54. The van der Waals surface area contributed by atoms with E-state index >= 15 is 0 Å². The number of piperidine rings is 1. The van der Waals surface area contributed by atoms with Crippen LogP contribution in [-0.2, 0) is 0 Å². The van der Waals surface area contributed by atoms with E-state index in [0.29, 0.717) is 17.7 Å². The van der Waals surface area contributed by atoms with Crippen LogP contribution in [0.25, 0.3) is 0 Å². The van der Waals surface area contributed by atoms with Gasteiger partial charge in [0.05, 0.1) is 0 Å². The van der Waals surface area contributed by atoms with Crippen molar-refractivity contribution < 1.29 is 9.90 Å². The van der Waals surface area contributed by atoms with Gasteiger partial charge >= 0.3 is 0 Å². The highest BCUT2D eigenvalue weighted by Crippen LogP contribution is 2.25. The molecule has 0 radical (unpaired) electrons. The molecule has 3 N–H and O–H groups in total. The summed E-state index contributed by atoms with van der Waals surface area (Å²) in [5, 5.41) is 9.11. The molecule has 1 fully saturated rings. The second-order valence-corrected chi connectivity index (χ2v) is 5.75. The molecule has 1 heterocycles. The zero-order valence-electron chi connectivity index (χ0n) is 10.8. The third-order valence-corrected chi connectivity index (χ3v) is 4.28. The molecule has 0 aromatic heterocycles. The minimum atomic E-state index is 0.0267. The van der Waals surface area contributed by atoms with E-state index in [-0.39, 0.29) is 18.6 Å². The lowest BCUT2D eigenvalue weighted by molar-refractivity contribution is 0.0574. The summed E-state index contributed by atoms with van der Waals surface area (Å²) in [5.74, 6) is 0.0267. The van der Waals surface area contributed by atoms with Gasteiger partial charge in [0, 0.05) is 34.9 Å². The number of benzene rings is 1. The number of carbonyl (C=O) groups excluding carboxylic acids is 1. The lowest BCUT2D eigenvalue weighted by Gasteiger charge is -2.35. The maximum Gasteiger partial charge on any atom is 0.254 e. The van der Waals surface area contributed by atoms with Gasteiger partial charge in [0.2, 0.25) is 0 Å². The summed E-state index contributed by atoms with van der Waals surface area (Å²) in [6, 6.07) is 5.42. The van der Waals surface area contributed by atoms with Crippen molar-refractivity contribution in [2.24, 2.45) is 0 Å². The number of halogens is 1. The van der Waals surface area contributed by atoms with Crippen LogP contribution in [0.3, 0.4) is 0 Å². The van der Waals surface area contributed by atoms with Crippen molar-refractivity contribution in [1.82, 2.24) is 4.90 Å². The Labute approximate surface area is 121 Å². The molecule has 1 saturated heterocycles. The van der Waals surface area contributed by atoms with E-state index in [4.69, 9.17) is 10.8 Å². The highest BCUT2D eigenvalue weighted by atomic mass is 79.9. The van der Waals surface area contributed by atoms with Crippen molar-refractivity contribution in [3.8, 4) is 0 Å². The zero-order chi connectivity index (χ0) is 13.8. The van der Waals surface area contributed by atoms with Gasteiger partial charge < -0.3 is 15.7 Å². The number of likely N-dealkylation sites (tertiary alicyclic amines) is 1. The van der Waals surface area contributed by atoms with Gasteiger partial charge in [-0.05, 0) is 59.8 Å². The molecular weight excluding hydrogens is 308 g/mol. The number of nitrogens with two attached hydrogens (primary N) is 1. The van der Waals surface area contributed by atoms with Crippen LogP contribution in [0.15, 0.2) is 22.7 Å². The first-order valence-electron chi connectivity index (χ1n) is 6.60. The Morgan fingerprint density at radius 2 is 2.26 bits per heavy atom. The van der Waals surface area contributed by atoms with E-state index in [2.05, 4.69) is 15.9 Å². The number of carbonyl (C=O) groups is 1. The Morgan fingerprint density at radius 1 is 1.47 bits per heavy atom. The SMILES string of the molecule is Nc1ccc(C(=O)N2CCCCC2CCO)cc1Br. The lowest BCUT2D eigenvalue weighted by atomic mass is 9.98. The maximum atomic E-state index is 12.5. The van der Waals surface area contributed by atoms with Crippen molar-refractivity contribution in [2.75, 3.05) is 18.9 Å². The van der Waals surface area contributed by atoms with Crippen LogP contribution in [0.4, 0.5) is 5.69 Å². The molecule has 19 heavy (non-hydrogen) atoms. The van der Waals surface area contributed by atoms with Gasteiger partial charge in [-0.25, -0.2) is 0 Å². The van der Waals surface area contributed by atoms with Gasteiger partial charge in [-0.15, -0.1) is 0 Å². The van der Waals surface area contributed by atoms with E-state index in [0.717, 1.165) is 30.3 Å². The summed E-state index contributed by atoms with van der Waals surface area (Å²) in [6.45, 7) is 0.894. The summed E-state index contributed by atoms with van der Waals surface area (Å²) < 4.78 is 0.745. The predicted molar refractivity (Wildman–Crippen MR) is 78.9 cm³/mol. The molecular formula is C14H19BrN2O2. The minimum absolute atomic E-state index is 0.0267. The van der Waals surface area contributed by atoms with Crippen LogP contribution in [-0.4, -0.2) is 35.1 Å². The van der Waals surface area contributed by atoms with Crippen LogP contribution < -0.4 is 5.73 Å². The Hall–Kier alpha value is -1.07. The smallest absolute Gasteiger partial charge is 0.254 e. The third-order valence-electron chi connectivity index (χ3n) is 3.60. The fourth-order valence-corrected chi connectivity index (χ4v) is 2.92. The molecule has 5 heteroatoms. The normalized spacial score (nSPS) is 19.5. The Kier molecular flexibility index (Phi) is 4.82. The number of aliphatic hydroxyl groups excluding tert-OH is 1. The van der Waals surface area contributed by atoms with Gasteiger partial charge in [0.1, 0.15) is 0 Å². The summed E-state index contributed by atoms with van der Waals surface area (Å²) in [5.41, 5.74) is 7.01. The summed E-state index contributed by atoms with van der Waals surface area (Å²) in [4.78, 5) is 14.4. The average molecular weight is 327 g/mol. The molecule has 0 aliphatic carbocycles. The molecule has 1 aromatic carbocycles. The second-order valence-electron chi connectivity index (χ2n) is 4.90. The standard InChI is InChI=1S/C14H19BrN2O2/c15-12-9-10(4-5-13(12)16)14(19)17-7-2-1-3-11(17)6-8-18/h4-5,9,11,18H,1-3,6-8,16H2. The van der Waals surface area contributed by atoms with Gasteiger partial charge in [0.15, 0.2) is 0 Å². The highest BCUT2D eigenvalue weighted by molar-refractivity contribution is 9.10. The second kappa shape index (κ2) is 6.39. The van der Waals surface area contributed by atoms with Crippen molar-refractivity contribution in [3.63, 3.8) is 0 Å². The van der Waals surface area contributed by atoms with Gasteiger partial charge in [-0.3, -0.25) is 4.79 Å². The molecule has 0 bridgehead atoms.